The highest BCUT2D eigenvalue weighted by Gasteiger charge is 2.27. The molecular formula is C52H43Cl2N7O11. The standard InChI is InChI=1S/C32H27N5O8.C20H16Cl2N2O3/c1-39-24-18-25(40-2)34-31(33-24)43-22-16-11-17-23(44-32-35-26(41-3)19-27(36-32)42-4)28(22)30(38)45-37-29(20-12-7-5-8-13-20)21-14-9-6-10-15-21;1-12-18(19(26)15-9-8-14(21)10-16(15)22)20(24(2)23-12)27-11-17(25)13-6-4-3-5-7-13/h5-19H,1-4H3;3-10H,11H2,1-2H3. The van der Waals surface area contributed by atoms with Gasteiger partial charge >= 0.3 is 18.0 Å². The Balaban J connectivity index is 0.000000240. The minimum atomic E-state index is -0.922. The molecule has 3 heterocycles. The molecule has 366 valence electrons. The Morgan fingerprint density at radius 1 is 0.583 bits per heavy atom. The van der Waals surface area contributed by atoms with Crippen molar-refractivity contribution in [2.45, 2.75) is 6.92 Å². The van der Waals surface area contributed by atoms with Crippen molar-refractivity contribution in [2.24, 2.45) is 12.2 Å². The van der Waals surface area contributed by atoms with E-state index in [0.29, 0.717) is 22.0 Å². The molecule has 0 bridgehead atoms. The molecule has 0 atom stereocenters. The zero-order valence-corrected chi connectivity index (χ0v) is 40.9. The number of nitrogens with zero attached hydrogens (tertiary/aromatic N) is 7. The molecule has 18 nitrogen and oxygen atoms in total. The molecule has 0 N–H and O–H groups in total. The average molecular weight is 1010 g/mol. The fourth-order valence-corrected chi connectivity index (χ4v) is 7.16. The Morgan fingerprint density at radius 3 is 1.51 bits per heavy atom. The van der Waals surface area contributed by atoms with Gasteiger partial charge in [0, 0.05) is 34.3 Å². The Bertz CT molecular complexity index is 3070. The predicted octanol–water partition coefficient (Wildman–Crippen LogP) is 10.0. The highest BCUT2D eigenvalue weighted by atomic mass is 35.5. The van der Waals surface area contributed by atoms with Crippen LogP contribution in [0.4, 0.5) is 0 Å². The molecule has 20 heteroatoms. The quantitative estimate of drug-likeness (QED) is 0.0339. The topological polar surface area (TPSA) is 207 Å². The number of halogens is 2. The molecule has 0 aliphatic heterocycles. The van der Waals surface area contributed by atoms with Crippen LogP contribution in [0, 0.1) is 6.92 Å². The zero-order chi connectivity index (χ0) is 51.1. The van der Waals surface area contributed by atoms with Crippen LogP contribution in [0.5, 0.6) is 52.9 Å². The van der Waals surface area contributed by atoms with Crippen LogP contribution in [0.25, 0.3) is 0 Å². The summed E-state index contributed by atoms with van der Waals surface area (Å²) in [7, 11) is 7.37. The van der Waals surface area contributed by atoms with Crippen molar-refractivity contribution < 1.29 is 52.4 Å². The molecule has 0 radical (unpaired) electrons. The van der Waals surface area contributed by atoms with Gasteiger partial charge in [-0.25, -0.2) is 9.48 Å². The number of ketones is 2. The third-order valence-electron chi connectivity index (χ3n) is 10.1. The molecular weight excluding hydrogens is 970 g/mol. The molecule has 3 aromatic heterocycles. The van der Waals surface area contributed by atoms with Crippen LogP contribution in [0.1, 0.15) is 53.5 Å². The maximum atomic E-state index is 13.9. The van der Waals surface area contributed by atoms with Crippen molar-refractivity contribution in [3.05, 3.63) is 189 Å². The molecule has 0 aliphatic carbocycles. The average Bonchev–Trinajstić information content (AvgIpc) is 3.69. The number of oxime groups is 1. The van der Waals surface area contributed by atoms with E-state index in [2.05, 4.69) is 30.2 Å². The van der Waals surface area contributed by atoms with E-state index < -0.39 is 5.97 Å². The number of ether oxygens (including phenoxy) is 7. The van der Waals surface area contributed by atoms with Crippen LogP contribution >= 0.6 is 23.2 Å². The van der Waals surface area contributed by atoms with Gasteiger partial charge < -0.3 is 38.0 Å². The summed E-state index contributed by atoms with van der Waals surface area (Å²) >= 11 is 12.1. The summed E-state index contributed by atoms with van der Waals surface area (Å²) in [4.78, 5) is 61.5. The van der Waals surface area contributed by atoms with E-state index >= 15 is 0 Å². The Kier molecular flexibility index (Phi) is 17.1. The number of carbonyl (C=O) groups is 3. The van der Waals surface area contributed by atoms with Crippen molar-refractivity contribution >= 4 is 46.4 Å². The van der Waals surface area contributed by atoms with Crippen molar-refractivity contribution in [3.8, 4) is 52.9 Å². The monoisotopic (exact) mass is 1010 g/mol. The number of benzene rings is 5. The molecule has 0 fully saturated rings. The first-order chi connectivity index (χ1) is 34.9. The van der Waals surface area contributed by atoms with Crippen molar-refractivity contribution in [2.75, 3.05) is 35.0 Å². The number of aryl methyl sites for hydroxylation is 2. The van der Waals surface area contributed by atoms with Gasteiger partial charge in [-0.05, 0) is 37.3 Å². The van der Waals surface area contributed by atoms with Crippen LogP contribution in [0.3, 0.4) is 0 Å². The normalized spacial score (nSPS) is 10.4. The van der Waals surface area contributed by atoms with Crippen LogP contribution in [0.2, 0.25) is 10.0 Å². The van der Waals surface area contributed by atoms with E-state index in [4.69, 9.17) is 61.2 Å². The first-order valence-electron chi connectivity index (χ1n) is 21.5. The lowest BCUT2D eigenvalue weighted by Gasteiger charge is -2.14. The lowest BCUT2D eigenvalue weighted by molar-refractivity contribution is 0.0510. The highest BCUT2D eigenvalue weighted by molar-refractivity contribution is 6.37. The smallest absolute Gasteiger partial charge is 0.373 e. The molecule has 0 aliphatic rings. The summed E-state index contributed by atoms with van der Waals surface area (Å²) in [5.41, 5.74) is 3.28. The van der Waals surface area contributed by atoms with E-state index in [0.717, 1.165) is 11.1 Å². The summed E-state index contributed by atoms with van der Waals surface area (Å²) in [5.74, 6) is -0.618. The summed E-state index contributed by atoms with van der Waals surface area (Å²) < 4.78 is 39.9. The second-order valence-electron chi connectivity index (χ2n) is 14.8. The van der Waals surface area contributed by atoms with E-state index in [1.165, 1.54) is 63.5 Å². The van der Waals surface area contributed by atoms with Gasteiger partial charge in [0.25, 0.3) is 0 Å². The van der Waals surface area contributed by atoms with Crippen LogP contribution in [-0.2, 0) is 11.9 Å². The van der Waals surface area contributed by atoms with Gasteiger partial charge in [0.15, 0.2) is 12.4 Å². The van der Waals surface area contributed by atoms with Gasteiger partial charge in [0.1, 0.15) is 28.3 Å². The lowest BCUT2D eigenvalue weighted by Crippen LogP contribution is -2.15. The van der Waals surface area contributed by atoms with Gasteiger partial charge in [-0.1, -0.05) is 125 Å². The number of rotatable bonds is 18. The van der Waals surface area contributed by atoms with Crippen molar-refractivity contribution in [3.63, 3.8) is 0 Å². The molecule has 0 unspecified atom stereocenters. The number of Topliss-reactive ketones (excluding diaryl/α,β-unsaturated/α-hetero) is 1. The van der Waals surface area contributed by atoms with Crippen molar-refractivity contribution in [1.82, 2.24) is 29.7 Å². The minimum Gasteiger partial charge on any atom is -0.481 e. The summed E-state index contributed by atoms with van der Waals surface area (Å²) in [6.07, 6.45) is 0. The van der Waals surface area contributed by atoms with Crippen molar-refractivity contribution in [1.29, 1.82) is 0 Å². The third kappa shape index (κ3) is 12.7. The zero-order valence-electron chi connectivity index (χ0n) is 39.4. The van der Waals surface area contributed by atoms with Gasteiger partial charge in [-0.2, -0.15) is 25.0 Å². The highest BCUT2D eigenvalue weighted by Crippen LogP contribution is 2.36. The Hall–Kier alpha value is -8.87. The Labute approximate surface area is 422 Å². The molecule has 0 spiro atoms. The van der Waals surface area contributed by atoms with E-state index in [1.807, 2.05) is 66.7 Å². The van der Waals surface area contributed by atoms with Crippen LogP contribution in [0.15, 0.2) is 145 Å². The number of aromatic nitrogens is 6. The predicted molar refractivity (Wildman–Crippen MR) is 265 cm³/mol. The molecule has 0 saturated heterocycles. The lowest BCUT2D eigenvalue weighted by atomic mass is 10.0. The SMILES string of the molecule is COc1cc(OC)nc(Oc2cccc(Oc3nc(OC)cc(OC)n3)c2C(=O)ON=C(c2ccccc2)c2ccccc2)n1.Cc1nn(C)c(OCC(=O)c2ccccc2)c1C(=O)c1ccc(Cl)cc1Cl. The van der Waals surface area contributed by atoms with E-state index in [9.17, 15) is 14.4 Å². The molecule has 72 heavy (non-hydrogen) atoms. The first-order valence-corrected chi connectivity index (χ1v) is 22.2. The van der Waals surface area contributed by atoms with Crippen LogP contribution in [-0.4, -0.2) is 88.0 Å². The molecule has 0 amide bonds. The second-order valence-corrected chi connectivity index (χ2v) is 15.6. The van der Waals surface area contributed by atoms with E-state index in [-0.39, 0.29) is 92.8 Å². The summed E-state index contributed by atoms with van der Waals surface area (Å²) in [6, 6.07) is 39.2. The summed E-state index contributed by atoms with van der Waals surface area (Å²) in [6.45, 7) is 1.49. The number of hydrogen-bond acceptors (Lipinski definition) is 17. The number of hydrogen-bond donors (Lipinski definition) is 0. The first kappa shape index (κ1) is 51.0. The molecule has 8 aromatic rings. The maximum absolute atomic E-state index is 13.9. The van der Waals surface area contributed by atoms with Gasteiger partial charge in [-0.3, -0.25) is 9.59 Å². The molecule has 5 aromatic carbocycles. The minimum absolute atomic E-state index is 0.0289. The number of carbonyl (C=O) groups excluding carboxylic acids is 3. The number of methoxy groups -OCH3 is 4. The maximum Gasteiger partial charge on any atom is 0.373 e. The van der Waals surface area contributed by atoms with E-state index in [1.54, 1.807) is 56.4 Å². The fraction of sp³-hybridized carbons (Fsp3) is 0.135. The van der Waals surface area contributed by atoms with Crippen LogP contribution < -0.4 is 33.2 Å². The molecule has 8 rings (SSSR count). The van der Waals surface area contributed by atoms with Gasteiger partial charge in [-0.15, -0.1) is 0 Å². The summed E-state index contributed by atoms with van der Waals surface area (Å²) in [5, 5.41) is 9.18. The van der Waals surface area contributed by atoms with Gasteiger partial charge in [0.2, 0.25) is 35.2 Å². The second kappa shape index (κ2) is 24.1. The molecule has 0 saturated carbocycles. The Morgan fingerprint density at radius 2 is 1.06 bits per heavy atom. The van der Waals surface area contributed by atoms with Gasteiger partial charge in [0.05, 0.1) is 51.3 Å². The third-order valence-corrected chi connectivity index (χ3v) is 10.6. The largest absolute Gasteiger partial charge is 0.481 e. The fourth-order valence-electron chi connectivity index (χ4n) is 6.67.